The van der Waals surface area contributed by atoms with E-state index in [9.17, 15) is 13.6 Å². The number of fused-ring (bicyclic) bond motifs is 2. The molecule has 5 N–H and O–H groups in total. The van der Waals surface area contributed by atoms with Crippen molar-refractivity contribution in [2.45, 2.75) is 25.4 Å². The van der Waals surface area contributed by atoms with Crippen molar-refractivity contribution in [2.24, 2.45) is 0 Å². The smallest absolute Gasteiger partial charge is 0.414 e. The highest BCUT2D eigenvalue weighted by Crippen LogP contribution is 2.24. The summed E-state index contributed by atoms with van der Waals surface area (Å²) in [6, 6.07) is 9.11. The summed E-state index contributed by atoms with van der Waals surface area (Å²) in [6.45, 7) is 1.62. The van der Waals surface area contributed by atoms with E-state index in [-0.39, 0.29) is 23.0 Å². The van der Waals surface area contributed by atoms with Gasteiger partial charge in [0.25, 0.3) is 0 Å². The number of urea groups is 1. The number of hydrogen-bond donors (Lipinski definition) is 5. The number of benzene rings is 1. The first-order chi connectivity index (χ1) is 19.2. The topological polar surface area (TPSA) is 170 Å². The Kier molecular flexibility index (Phi) is 8.69. The second-order valence-corrected chi connectivity index (χ2v) is 8.87. The molecule has 3 aromatic heterocycles. The molecule has 0 saturated carbocycles. The fraction of sp³-hybridized carbons (Fsp3) is 0.269. The van der Waals surface area contributed by atoms with Gasteiger partial charge in [-0.15, -0.1) is 0 Å². The summed E-state index contributed by atoms with van der Waals surface area (Å²) in [5.41, 5.74) is 2.70. The largest absolute Gasteiger partial charge is 0.481 e. The van der Waals surface area contributed by atoms with Crippen molar-refractivity contribution in [3.8, 4) is 5.88 Å². The van der Waals surface area contributed by atoms with Gasteiger partial charge in [0.1, 0.15) is 17.2 Å². The Morgan fingerprint density at radius 1 is 1.07 bits per heavy atom. The number of ether oxygens (including phenoxy) is 1. The highest BCUT2D eigenvalue weighted by Gasteiger charge is 2.23. The molecule has 40 heavy (non-hydrogen) atoms. The first kappa shape index (κ1) is 28.2. The lowest BCUT2D eigenvalue weighted by Crippen LogP contribution is -2.46. The van der Waals surface area contributed by atoms with Gasteiger partial charge in [0, 0.05) is 49.0 Å². The predicted octanol–water partition coefficient (Wildman–Crippen LogP) is 3.34. The van der Waals surface area contributed by atoms with Crippen LogP contribution in [-0.2, 0) is 16.1 Å². The number of rotatable bonds is 5. The number of methoxy groups -OCH3 is 1. The second kappa shape index (κ2) is 12.3. The number of aromatic amines is 1. The van der Waals surface area contributed by atoms with Gasteiger partial charge in [-0.3, -0.25) is 4.98 Å². The molecule has 0 radical (unpaired) electrons. The number of carboxylic acid groups (broad SMARTS) is 2. The summed E-state index contributed by atoms with van der Waals surface area (Å²) in [5, 5.41) is 21.4. The Morgan fingerprint density at radius 2 is 1.77 bits per heavy atom. The lowest BCUT2D eigenvalue weighted by Gasteiger charge is -2.32. The molecule has 14 heteroatoms. The third-order valence-electron chi connectivity index (χ3n) is 6.30. The molecule has 4 heterocycles. The van der Waals surface area contributed by atoms with E-state index < -0.39 is 23.6 Å². The number of nitrogens with one attached hydrogen (secondary N) is 3. The number of carboxylic acids is 2. The van der Waals surface area contributed by atoms with Crippen molar-refractivity contribution < 1.29 is 38.1 Å². The van der Waals surface area contributed by atoms with Crippen LogP contribution >= 0.6 is 0 Å². The van der Waals surface area contributed by atoms with E-state index in [1.807, 2.05) is 0 Å². The van der Waals surface area contributed by atoms with Gasteiger partial charge in [0.2, 0.25) is 5.88 Å². The molecule has 12 nitrogen and oxygen atoms in total. The van der Waals surface area contributed by atoms with Gasteiger partial charge in [0.15, 0.2) is 0 Å². The number of piperidine rings is 1. The quantitative estimate of drug-likeness (QED) is 0.231. The molecular weight excluding hydrogens is 530 g/mol. The number of hydrogen-bond acceptors (Lipinski definition) is 7. The van der Waals surface area contributed by atoms with E-state index in [0.717, 1.165) is 25.0 Å². The summed E-state index contributed by atoms with van der Waals surface area (Å²) in [6.07, 6.45) is 3.16. The molecule has 0 atom stereocenters. The van der Waals surface area contributed by atoms with Crippen LogP contribution in [0.25, 0.3) is 21.9 Å². The predicted molar refractivity (Wildman–Crippen MR) is 140 cm³/mol. The molecule has 1 aliphatic rings. The molecule has 0 aliphatic carbocycles. The highest BCUT2D eigenvalue weighted by molar-refractivity contribution is 6.27. The molecule has 1 aliphatic heterocycles. The van der Waals surface area contributed by atoms with Crippen LogP contribution in [0.15, 0.2) is 42.6 Å². The number of nitrogens with zero attached hydrogens (tertiary/aromatic N) is 3. The second-order valence-electron chi connectivity index (χ2n) is 8.87. The molecule has 4 aromatic rings. The number of aromatic nitrogens is 3. The Balaban J connectivity index is 0.000000557. The third-order valence-corrected chi connectivity index (χ3v) is 6.30. The van der Waals surface area contributed by atoms with Gasteiger partial charge < -0.3 is 35.5 Å². The van der Waals surface area contributed by atoms with Crippen LogP contribution in [-0.4, -0.2) is 74.3 Å². The zero-order chi connectivity index (χ0) is 28.8. The molecule has 1 saturated heterocycles. The number of carbonyl (C=O) groups is 3. The van der Waals surface area contributed by atoms with Crippen molar-refractivity contribution in [3.05, 3.63) is 59.9 Å². The van der Waals surface area contributed by atoms with Crippen molar-refractivity contribution in [3.63, 3.8) is 0 Å². The normalized spacial score (nSPS) is 13.5. The van der Waals surface area contributed by atoms with Crippen LogP contribution in [0.5, 0.6) is 5.88 Å². The van der Waals surface area contributed by atoms with Crippen molar-refractivity contribution in [1.29, 1.82) is 0 Å². The van der Waals surface area contributed by atoms with Crippen molar-refractivity contribution in [2.75, 3.05) is 25.5 Å². The Bertz CT molecular complexity index is 1500. The van der Waals surface area contributed by atoms with Crippen LogP contribution in [0.4, 0.5) is 19.3 Å². The van der Waals surface area contributed by atoms with Gasteiger partial charge in [0.05, 0.1) is 23.8 Å². The number of H-pyrrole nitrogens is 1. The average Bonchev–Trinajstić information content (AvgIpc) is 3.40. The van der Waals surface area contributed by atoms with E-state index in [1.54, 1.807) is 35.4 Å². The maximum Gasteiger partial charge on any atom is 0.414 e. The number of pyridine rings is 2. The van der Waals surface area contributed by atoms with Gasteiger partial charge in [-0.2, -0.15) is 0 Å². The van der Waals surface area contributed by atoms with Gasteiger partial charge in [-0.25, -0.2) is 28.1 Å². The molecule has 2 amide bonds. The van der Waals surface area contributed by atoms with Gasteiger partial charge >= 0.3 is 18.0 Å². The summed E-state index contributed by atoms with van der Waals surface area (Å²) >= 11 is 0. The molecule has 0 spiro atoms. The van der Waals surface area contributed by atoms with E-state index in [4.69, 9.17) is 24.5 Å². The number of halogens is 2. The maximum absolute atomic E-state index is 13.9. The monoisotopic (exact) mass is 556 g/mol. The van der Waals surface area contributed by atoms with Crippen LogP contribution < -0.4 is 15.4 Å². The standard InChI is InChI=1S/C24H24F2N6O2.C2H2O4/c1-34-21-5-4-19-23(31-21)20(6-9-27-19)30-24(33)32-10-7-14(8-11-32)28-13-15-12-16-17(25)2-3-18(26)22(16)29-15;3-1(4)2(5)6/h2-6,9,12,14,28-29H,7-8,10-11,13H2,1H3,(H,27,30,33);(H,3,4)(H,5,6). The molecular formula is C26H26F2N6O6. The molecule has 0 unspecified atom stereocenters. The van der Waals surface area contributed by atoms with Crippen molar-refractivity contribution >= 4 is 45.6 Å². The van der Waals surface area contributed by atoms with Crippen LogP contribution in [0.1, 0.15) is 18.5 Å². The molecule has 1 fully saturated rings. The van der Waals surface area contributed by atoms with E-state index in [1.165, 1.54) is 7.11 Å². The summed E-state index contributed by atoms with van der Waals surface area (Å²) < 4.78 is 33.0. The molecule has 5 rings (SSSR count). The number of likely N-dealkylation sites (tertiary alicyclic amines) is 1. The lowest BCUT2D eigenvalue weighted by molar-refractivity contribution is -0.159. The summed E-state index contributed by atoms with van der Waals surface area (Å²) in [5.74, 6) is -4.13. The van der Waals surface area contributed by atoms with Crippen LogP contribution in [0.2, 0.25) is 0 Å². The molecule has 210 valence electrons. The zero-order valence-corrected chi connectivity index (χ0v) is 21.3. The minimum absolute atomic E-state index is 0.180. The lowest BCUT2D eigenvalue weighted by atomic mass is 10.1. The minimum Gasteiger partial charge on any atom is -0.481 e. The first-order valence-corrected chi connectivity index (χ1v) is 12.2. The maximum atomic E-state index is 13.9. The number of aliphatic carboxylic acids is 2. The Morgan fingerprint density at radius 3 is 2.42 bits per heavy atom. The van der Waals surface area contributed by atoms with Crippen LogP contribution in [0.3, 0.4) is 0 Å². The average molecular weight is 557 g/mol. The number of carbonyl (C=O) groups excluding carboxylic acids is 1. The Labute approximate surface area is 226 Å². The number of anilines is 1. The molecule has 0 bridgehead atoms. The molecule has 1 aromatic carbocycles. The fourth-order valence-corrected chi connectivity index (χ4v) is 4.26. The van der Waals surface area contributed by atoms with Gasteiger partial charge in [-0.1, -0.05) is 0 Å². The third kappa shape index (κ3) is 6.58. The number of amides is 2. The SMILES string of the molecule is COc1ccc2nccc(NC(=O)N3CCC(NCc4cc5c(F)ccc(F)c5[nH]4)CC3)c2n1.O=C(O)C(=O)O. The van der Waals surface area contributed by atoms with Crippen molar-refractivity contribution in [1.82, 2.24) is 25.2 Å². The van der Waals surface area contributed by atoms with E-state index >= 15 is 0 Å². The van der Waals surface area contributed by atoms with E-state index in [2.05, 4.69) is 25.6 Å². The fourth-order valence-electron chi connectivity index (χ4n) is 4.26. The minimum atomic E-state index is -1.82. The zero-order valence-electron chi connectivity index (χ0n) is 21.3. The van der Waals surface area contributed by atoms with Crippen LogP contribution in [0, 0.1) is 11.6 Å². The Hall–Kier alpha value is -4.85. The van der Waals surface area contributed by atoms with Gasteiger partial charge in [-0.05, 0) is 43.2 Å². The van der Waals surface area contributed by atoms with E-state index in [0.29, 0.717) is 47.9 Å². The highest BCUT2D eigenvalue weighted by atomic mass is 19.1. The summed E-state index contributed by atoms with van der Waals surface area (Å²) in [4.78, 5) is 44.5. The first-order valence-electron chi connectivity index (χ1n) is 12.2. The summed E-state index contributed by atoms with van der Waals surface area (Å²) in [7, 11) is 1.54.